The van der Waals surface area contributed by atoms with Crippen molar-refractivity contribution in [1.29, 1.82) is 0 Å². The number of benzene rings is 2. The summed E-state index contributed by atoms with van der Waals surface area (Å²) in [5.41, 5.74) is 6.85. The molecule has 2 aromatic carbocycles. The summed E-state index contributed by atoms with van der Waals surface area (Å²) >= 11 is 0. The van der Waals surface area contributed by atoms with Gasteiger partial charge in [0.2, 0.25) is 0 Å². The number of nitrogens with two attached hydrogens (primary N) is 1. The molecule has 0 radical (unpaired) electrons. The van der Waals surface area contributed by atoms with Crippen LogP contribution in [0.4, 0.5) is 5.69 Å². The maximum atomic E-state index is 11.7. The van der Waals surface area contributed by atoms with E-state index in [1.807, 2.05) is 18.2 Å². The number of esters is 1. The second kappa shape index (κ2) is 16.1. The van der Waals surface area contributed by atoms with Gasteiger partial charge in [-0.15, -0.1) is 0 Å². The van der Waals surface area contributed by atoms with Gasteiger partial charge in [-0.2, -0.15) is 0 Å². The second-order valence-electron chi connectivity index (χ2n) is 6.37. The van der Waals surface area contributed by atoms with Crippen LogP contribution in [0, 0.1) is 0 Å². The van der Waals surface area contributed by atoms with E-state index in [1.165, 1.54) is 0 Å². The molecule has 0 aromatic heterocycles. The van der Waals surface area contributed by atoms with Crippen LogP contribution in [-0.2, 0) is 23.7 Å². The van der Waals surface area contributed by atoms with Crippen molar-refractivity contribution in [3.8, 4) is 5.75 Å². The molecule has 0 heterocycles. The highest BCUT2D eigenvalue weighted by molar-refractivity contribution is 5.89. The molecule has 0 bridgehead atoms. The first kappa shape index (κ1) is 24.6. The largest absolute Gasteiger partial charge is 0.491 e. The zero-order valence-corrected chi connectivity index (χ0v) is 17.7. The van der Waals surface area contributed by atoms with Crippen molar-refractivity contribution in [1.82, 2.24) is 0 Å². The number of hydrogen-bond donors (Lipinski definition) is 1. The fourth-order valence-corrected chi connectivity index (χ4v) is 2.40. The molecule has 0 aliphatic carbocycles. The standard InChI is InChI=1S/C23H31NO7/c24-21-6-8-22(9-7-21)30-18-16-28-14-12-26-10-11-27-13-15-29-17-19-31-23(25)20-4-2-1-3-5-20/h1-9H,10-19,24H2. The predicted molar refractivity (Wildman–Crippen MR) is 116 cm³/mol. The summed E-state index contributed by atoms with van der Waals surface area (Å²) in [4.78, 5) is 11.7. The van der Waals surface area contributed by atoms with Gasteiger partial charge in [-0.1, -0.05) is 18.2 Å². The summed E-state index contributed by atoms with van der Waals surface area (Å²) in [6.45, 7) is 4.34. The van der Waals surface area contributed by atoms with Gasteiger partial charge in [0, 0.05) is 5.69 Å². The maximum Gasteiger partial charge on any atom is 0.338 e. The smallest absolute Gasteiger partial charge is 0.338 e. The third kappa shape index (κ3) is 12.0. The van der Waals surface area contributed by atoms with E-state index in [-0.39, 0.29) is 12.6 Å². The van der Waals surface area contributed by atoms with Gasteiger partial charge in [0.15, 0.2) is 0 Å². The number of anilines is 1. The molecule has 0 saturated heterocycles. The van der Waals surface area contributed by atoms with Gasteiger partial charge in [0.25, 0.3) is 0 Å². The molecule has 0 unspecified atom stereocenters. The van der Waals surface area contributed by atoms with Crippen molar-refractivity contribution in [3.05, 3.63) is 60.2 Å². The SMILES string of the molecule is Nc1ccc(OCCOCCOCCOCCOCCOC(=O)c2ccccc2)cc1. The predicted octanol–water partition coefficient (Wildman–Crippen LogP) is 2.57. The number of ether oxygens (including phenoxy) is 6. The van der Waals surface area contributed by atoms with Crippen molar-refractivity contribution >= 4 is 11.7 Å². The van der Waals surface area contributed by atoms with Gasteiger partial charge in [-0.3, -0.25) is 0 Å². The van der Waals surface area contributed by atoms with Crippen molar-refractivity contribution < 1.29 is 33.2 Å². The average Bonchev–Trinajstić information content (AvgIpc) is 2.80. The third-order valence-corrected chi connectivity index (χ3v) is 3.96. The van der Waals surface area contributed by atoms with Crippen molar-refractivity contribution in [2.75, 3.05) is 71.8 Å². The molecule has 2 rings (SSSR count). The first-order valence-electron chi connectivity index (χ1n) is 10.3. The van der Waals surface area contributed by atoms with Gasteiger partial charge in [0.1, 0.15) is 19.0 Å². The van der Waals surface area contributed by atoms with Crippen LogP contribution in [0.3, 0.4) is 0 Å². The summed E-state index contributed by atoms with van der Waals surface area (Å²) < 4.78 is 32.3. The Morgan fingerprint density at radius 3 is 1.65 bits per heavy atom. The van der Waals surface area contributed by atoms with Crippen LogP contribution in [0.15, 0.2) is 54.6 Å². The number of nitrogen functional groups attached to an aromatic ring is 1. The first-order chi connectivity index (χ1) is 15.3. The van der Waals surface area contributed by atoms with Gasteiger partial charge >= 0.3 is 5.97 Å². The Morgan fingerprint density at radius 1 is 0.613 bits per heavy atom. The van der Waals surface area contributed by atoms with E-state index >= 15 is 0 Å². The van der Waals surface area contributed by atoms with Crippen LogP contribution in [0.5, 0.6) is 5.75 Å². The molecule has 0 spiro atoms. The Morgan fingerprint density at radius 2 is 1.10 bits per heavy atom. The molecule has 0 aliphatic rings. The Hall–Kier alpha value is -2.65. The van der Waals surface area contributed by atoms with Crippen molar-refractivity contribution in [3.63, 3.8) is 0 Å². The van der Waals surface area contributed by atoms with Gasteiger partial charge in [0.05, 0.1) is 58.4 Å². The molecule has 8 heteroatoms. The normalized spacial score (nSPS) is 10.7. The minimum absolute atomic E-state index is 0.210. The summed E-state index contributed by atoms with van der Waals surface area (Å²) in [5, 5.41) is 0. The number of carbonyl (C=O) groups excluding carboxylic acids is 1. The van der Waals surface area contributed by atoms with E-state index in [0.29, 0.717) is 70.7 Å². The van der Waals surface area contributed by atoms with Gasteiger partial charge in [-0.25, -0.2) is 4.79 Å². The lowest BCUT2D eigenvalue weighted by Crippen LogP contribution is -2.15. The van der Waals surface area contributed by atoms with Crippen LogP contribution in [0.25, 0.3) is 0 Å². The van der Waals surface area contributed by atoms with E-state index < -0.39 is 0 Å². The zero-order chi connectivity index (χ0) is 22.0. The topological polar surface area (TPSA) is 98.5 Å². The average molecular weight is 434 g/mol. The summed E-state index contributed by atoms with van der Waals surface area (Å²) in [5.74, 6) is 0.416. The van der Waals surface area contributed by atoms with E-state index in [4.69, 9.17) is 34.2 Å². The van der Waals surface area contributed by atoms with E-state index in [0.717, 1.165) is 5.75 Å². The zero-order valence-electron chi connectivity index (χ0n) is 17.7. The fraction of sp³-hybridized carbons (Fsp3) is 0.435. The lowest BCUT2D eigenvalue weighted by Gasteiger charge is -2.09. The highest BCUT2D eigenvalue weighted by Gasteiger charge is 2.04. The Labute approximate surface area is 183 Å². The van der Waals surface area contributed by atoms with E-state index in [2.05, 4.69) is 0 Å². The Balaban J connectivity index is 1.28. The molecule has 2 aromatic rings. The van der Waals surface area contributed by atoms with Crippen molar-refractivity contribution in [2.45, 2.75) is 0 Å². The highest BCUT2D eigenvalue weighted by Crippen LogP contribution is 2.12. The maximum absolute atomic E-state index is 11.7. The summed E-state index contributed by atoms with van der Waals surface area (Å²) in [6, 6.07) is 16.1. The fourth-order valence-electron chi connectivity index (χ4n) is 2.40. The van der Waals surface area contributed by atoms with Crippen LogP contribution in [0.2, 0.25) is 0 Å². The van der Waals surface area contributed by atoms with Crippen LogP contribution in [0.1, 0.15) is 10.4 Å². The summed E-state index contributed by atoms with van der Waals surface area (Å²) in [6.07, 6.45) is 0. The van der Waals surface area contributed by atoms with E-state index in [9.17, 15) is 4.79 Å². The van der Waals surface area contributed by atoms with Crippen LogP contribution >= 0.6 is 0 Å². The van der Waals surface area contributed by atoms with E-state index in [1.54, 1.807) is 36.4 Å². The minimum Gasteiger partial charge on any atom is -0.491 e. The molecule has 0 fully saturated rings. The Bertz CT molecular complexity index is 710. The molecule has 170 valence electrons. The molecule has 0 saturated carbocycles. The van der Waals surface area contributed by atoms with Gasteiger partial charge < -0.3 is 34.2 Å². The molecule has 0 aliphatic heterocycles. The molecular formula is C23H31NO7. The molecule has 0 amide bonds. The Kier molecular flexibility index (Phi) is 12.8. The lowest BCUT2D eigenvalue weighted by molar-refractivity contribution is -0.0107. The molecule has 31 heavy (non-hydrogen) atoms. The van der Waals surface area contributed by atoms with Crippen molar-refractivity contribution in [2.24, 2.45) is 0 Å². The van der Waals surface area contributed by atoms with Crippen LogP contribution in [-0.4, -0.2) is 72.0 Å². The first-order valence-corrected chi connectivity index (χ1v) is 10.3. The minimum atomic E-state index is -0.351. The molecule has 2 N–H and O–H groups in total. The summed E-state index contributed by atoms with van der Waals surface area (Å²) in [7, 11) is 0. The second-order valence-corrected chi connectivity index (χ2v) is 6.37. The molecule has 8 nitrogen and oxygen atoms in total. The number of hydrogen-bond acceptors (Lipinski definition) is 8. The number of rotatable bonds is 17. The highest BCUT2D eigenvalue weighted by atomic mass is 16.6. The lowest BCUT2D eigenvalue weighted by atomic mass is 10.2. The molecule has 0 atom stereocenters. The quantitative estimate of drug-likeness (QED) is 0.231. The molecular weight excluding hydrogens is 402 g/mol. The van der Waals surface area contributed by atoms with Crippen LogP contribution < -0.4 is 10.5 Å². The third-order valence-electron chi connectivity index (χ3n) is 3.96. The van der Waals surface area contributed by atoms with Gasteiger partial charge in [-0.05, 0) is 36.4 Å². The number of carbonyl (C=O) groups is 1. The monoisotopic (exact) mass is 433 g/mol.